The zero-order valence-electron chi connectivity index (χ0n) is 12.8. The van der Waals surface area contributed by atoms with Crippen LogP contribution in [0.1, 0.15) is 43.9 Å². The maximum Gasteiger partial charge on any atom is 0.0673 e. The summed E-state index contributed by atoms with van der Waals surface area (Å²) in [5.41, 5.74) is 9.01. The van der Waals surface area contributed by atoms with E-state index in [0.717, 1.165) is 39.1 Å². The molecule has 0 bridgehead atoms. The fraction of sp³-hybridized carbons (Fsp3) is 0.647. The molecule has 20 heavy (non-hydrogen) atoms. The van der Waals surface area contributed by atoms with Gasteiger partial charge in [0.15, 0.2) is 0 Å². The van der Waals surface area contributed by atoms with Gasteiger partial charge in [0.2, 0.25) is 0 Å². The third-order valence-electron chi connectivity index (χ3n) is 3.94. The van der Waals surface area contributed by atoms with Crippen molar-refractivity contribution in [2.45, 2.75) is 45.3 Å². The van der Waals surface area contributed by atoms with E-state index in [0.29, 0.717) is 6.10 Å². The molecule has 0 aromatic heterocycles. The molecule has 1 saturated heterocycles. The fourth-order valence-corrected chi connectivity index (χ4v) is 2.85. The number of aryl methyl sites for hydroxylation is 1. The maximum atomic E-state index is 6.36. The van der Waals surface area contributed by atoms with Crippen molar-refractivity contribution in [1.29, 1.82) is 0 Å². The second-order valence-electron chi connectivity index (χ2n) is 5.89. The van der Waals surface area contributed by atoms with E-state index < -0.39 is 0 Å². The number of ether oxygens (including phenoxy) is 1. The molecule has 1 heterocycles. The van der Waals surface area contributed by atoms with Crippen molar-refractivity contribution in [2.75, 3.05) is 26.2 Å². The lowest BCUT2D eigenvalue weighted by molar-refractivity contribution is 0.0670. The predicted octanol–water partition coefficient (Wildman–Crippen LogP) is 2.75. The Balaban J connectivity index is 1.91. The number of hydrogen-bond donors (Lipinski definition) is 1. The summed E-state index contributed by atoms with van der Waals surface area (Å²) in [6.45, 7) is 8.22. The van der Waals surface area contributed by atoms with Crippen molar-refractivity contribution in [3.05, 3.63) is 35.4 Å². The summed E-state index contributed by atoms with van der Waals surface area (Å²) < 4.78 is 5.68. The van der Waals surface area contributed by atoms with Crippen molar-refractivity contribution in [3.63, 3.8) is 0 Å². The normalized spacial score (nSPS) is 22.4. The molecule has 1 aromatic carbocycles. The minimum atomic E-state index is 0.0935. The average Bonchev–Trinajstić information content (AvgIpc) is 2.64. The second-order valence-corrected chi connectivity index (χ2v) is 5.89. The molecule has 2 N–H and O–H groups in total. The molecule has 3 nitrogen and oxygen atoms in total. The van der Waals surface area contributed by atoms with Crippen molar-refractivity contribution < 1.29 is 4.74 Å². The minimum absolute atomic E-state index is 0.0935. The van der Waals surface area contributed by atoms with Crippen LogP contribution in [0, 0.1) is 0 Å². The summed E-state index contributed by atoms with van der Waals surface area (Å²) in [5.74, 6) is 0. The molecular formula is C17H28N2O. The molecular weight excluding hydrogens is 248 g/mol. The van der Waals surface area contributed by atoms with Crippen LogP contribution in [-0.2, 0) is 11.2 Å². The Bertz CT molecular complexity index is 390. The second kappa shape index (κ2) is 7.77. The molecule has 3 heteroatoms. The highest BCUT2D eigenvalue weighted by Gasteiger charge is 2.17. The summed E-state index contributed by atoms with van der Waals surface area (Å²) in [7, 11) is 0. The average molecular weight is 276 g/mol. The number of rotatable bonds is 5. The van der Waals surface area contributed by atoms with Gasteiger partial charge in [0, 0.05) is 32.3 Å². The van der Waals surface area contributed by atoms with E-state index in [-0.39, 0.29) is 6.04 Å². The molecule has 2 unspecified atom stereocenters. The van der Waals surface area contributed by atoms with Gasteiger partial charge in [-0.15, -0.1) is 0 Å². The fourth-order valence-electron chi connectivity index (χ4n) is 2.85. The Morgan fingerprint density at radius 3 is 2.80 bits per heavy atom. The van der Waals surface area contributed by atoms with Gasteiger partial charge < -0.3 is 10.5 Å². The number of hydrogen-bond acceptors (Lipinski definition) is 3. The zero-order valence-corrected chi connectivity index (χ0v) is 12.8. The van der Waals surface area contributed by atoms with Gasteiger partial charge in [-0.1, -0.05) is 37.6 Å². The Hall–Kier alpha value is -0.900. The highest BCUT2D eigenvalue weighted by Crippen LogP contribution is 2.16. The van der Waals surface area contributed by atoms with Crippen LogP contribution in [0.15, 0.2) is 24.3 Å². The molecule has 0 saturated carbocycles. The van der Waals surface area contributed by atoms with E-state index in [1.54, 1.807) is 0 Å². The van der Waals surface area contributed by atoms with Crippen LogP contribution in [-0.4, -0.2) is 37.2 Å². The maximum absolute atomic E-state index is 6.36. The molecule has 2 atom stereocenters. The molecule has 1 aliphatic heterocycles. The molecule has 0 spiro atoms. The molecule has 1 fully saturated rings. The zero-order chi connectivity index (χ0) is 14.4. The highest BCUT2D eigenvalue weighted by molar-refractivity contribution is 5.25. The topological polar surface area (TPSA) is 38.5 Å². The highest BCUT2D eigenvalue weighted by atomic mass is 16.5. The van der Waals surface area contributed by atoms with Gasteiger partial charge in [-0.2, -0.15) is 0 Å². The summed E-state index contributed by atoms with van der Waals surface area (Å²) in [6, 6.07) is 8.90. The summed E-state index contributed by atoms with van der Waals surface area (Å²) in [4.78, 5) is 2.43. The SMILES string of the molecule is CCCc1ccc(C(N)CN2CCCOC(C)C2)cc1. The molecule has 0 aliphatic carbocycles. The minimum Gasteiger partial charge on any atom is -0.377 e. The van der Waals surface area contributed by atoms with E-state index >= 15 is 0 Å². The Kier molecular flexibility index (Phi) is 6.02. The molecule has 1 aromatic rings. The van der Waals surface area contributed by atoms with Gasteiger partial charge in [0.1, 0.15) is 0 Å². The van der Waals surface area contributed by atoms with Crippen LogP contribution < -0.4 is 5.73 Å². The van der Waals surface area contributed by atoms with Crippen LogP contribution in [0.3, 0.4) is 0 Å². The molecule has 0 radical (unpaired) electrons. The lowest BCUT2D eigenvalue weighted by Gasteiger charge is -2.25. The van der Waals surface area contributed by atoms with E-state index in [1.807, 2.05) is 0 Å². The Morgan fingerprint density at radius 1 is 1.35 bits per heavy atom. The molecule has 112 valence electrons. The summed E-state index contributed by atoms with van der Waals surface area (Å²) >= 11 is 0. The van der Waals surface area contributed by atoms with Crippen molar-refractivity contribution in [1.82, 2.24) is 4.90 Å². The molecule has 0 amide bonds. The largest absolute Gasteiger partial charge is 0.377 e. The van der Waals surface area contributed by atoms with Crippen LogP contribution in [0.25, 0.3) is 0 Å². The summed E-state index contributed by atoms with van der Waals surface area (Å²) in [6.07, 6.45) is 3.76. The van der Waals surface area contributed by atoms with Gasteiger partial charge >= 0.3 is 0 Å². The standard InChI is InChI=1S/C17H28N2O/c1-3-5-15-6-8-16(9-7-15)17(18)13-19-10-4-11-20-14(2)12-19/h6-9,14,17H,3-5,10-13,18H2,1-2H3. The molecule has 1 aliphatic rings. The number of nitrogens with two attached hydrogens (primary N) is 1. The Morgan fingerprint density at radius 2 is 2.10 bits per heavy atom. The van der Waals surface area contributed by atoms with E-state index in [2.05, 4.69) is 43.0 Å². The van der Waals surface area contributed by atoms with Crippen molar-refractivity contribution in [3.8, 4) is 0 Å². The van der Waals surface area contributed by atoms with Gasteiger partial charge in [0.25, 0.3) is 0 Å². The molecule has 2 rings (SSSR count). The van der Waals surface area contributed by atoms with Crippen molar-refractivity contribution >= 4 is 0 Å². The van der Waals surface area contributed by atoms with Crippen LogP contribution in [0.5, 0.6) is 0 Å². The first-order chi connectivity index (χ1) is 9.69. The van der Waals surface area contributed by atoms with Crippen molar-refractivity contribution in [2.24, 2.45) is 5.73 Å². The third-order valence-corrected chi connectivity index (χ3v) is 3.94. The van der Waals surface area contributed by atoms with E-state index in [1.165, 1.54) is 17.5 Å². The predicted molar refractivity (Wildman–Crippen MR) is 83.8 cm³/mol. The monoisotopic (exact) mass is 276 g/mol. The van der Waals surface area contributed by atoms with Crippen LogP contribution in [0.2, 0.25) is 0 Å². The van der Waals surface area contributed by atoms with Gasteiger partial charge in [-0.05, 0) is 30.9 Å². The number of benzene rings is 1. The first kappa shape index (κ1) is 15.5. The Labute approximate surface area is 123 Å². The third kappa shape index (κ3) is 4.58. The summed E-state index contributed by atoms with van der Waals surface area (Å²) in [5, 5.41) is 0. The quantitative estimate of drug-likeness (QED) is 0.898. The van der Waals surface area contributed by atoms with E-state index in [4.69, 9.17) is 10.5 Å². The smallest absolute Gasteiger partial charge is 0.0673 e. The lowest BCUT2D eigenvalue weighted by atomic mass is 10.0. The van der Waals surface area contributed by atoms with Crippen LogP contribution in [0.4, 0.5) is 0 Å². The first-order valence-corrected chi connectivity index (χ1v) is 7.87. The van der Waals surface area contributed by atoms with E-state index in [9.17, 15) is 0 Å². The van der Waals surface area contributed by atoms with Gasteiger partial charge in [-0.3, -0.25) is 4.90 Å². The van der Waals surface area contributed by atoms with Gasteiger partial charge in [0.05, 0.1) is 6.10 Å². The van der Waals surface area contributed by atoms with Crippen LogP contribution >= 0.6 is 0 Å². The number of nitrogens with zero attached hydrogens (tertiary/aromatic N) is 1. The lowest BCUT2D eigenvalue weighted by Crippen LogP contribution is -2.36. The first-order valence-electron chi connectivity index (χ1n) is 7.87. The van der Waals surface area contributed by atoms with Gasteiger partial charge in [-0.25, -0.2) is 0 Å².